The van der Waals surface area contributed by atoms with E-state index in [4.69, 9.17) is 25.8 Å². The van der Waals surface area contributed by atoms with Crippen LogP contribution in [-0.4, -0.2) is 110 Å². The summed E-state index contributed by atoms with van der Waals surface area (Å²) in [6, 6.07) is 0.262. The van der Waals surface area contributed by atoms with Gasteiger partial charge in [0, 0.05) is 13.2 Å². The molecule has 0 radical (unpaired) electrons. The molecule has 1 unspecified atom stereocenters. The Kier molecular flexibility index (Phi) is 7.65. The van der Waals surface area contributed by atoms with Crippen LogP contribution in [-0.2, 0) is 25.2 Å². The molecule has 0 aromatic carbocycles. The smallest absolute Gasteiger partial charge is 0.359 e. The maximum atomic E-state index is 12.5. The number of ether oxygens (including phenoxy) is 3. The predicted octanol–water partition coefficient (Wildman–Crippen LogP) is -0.644. The molecule has 1 aliphatic carbocycles. The number of aliphatic hydroxyl groups excluding tert-OH is 2. The number of aromatic nitrogens is 8. The number of nitrogens with zero attached hydrogens (tertiary/aromatic N) is 7. The van der Waals surface area contributed by atoms with Crippen molar-refractivity contribution in [3.63, 3.8) is 0 Å². The highest BCUT2D eigenvalue weighted by Crippen LogP contribution is 2.53. The third-order valence-corrected chi connectivity index (χ3v) is 8.34. The fourth-order valence-electron chi connectivity index (χ4n) is 4.39. The van der Waals surface area contributed by atoms with Gasteiger partial charge in [0.05, 0.1) is 31.2 Å². The molecule has 0 spiro atoms. The average molecular weight is 576 g/mol. The Morgan fingerprint density at radius 2 is 2.11 bits per heavy atom. The number of aromatic amines is 1. The summed E-state index contributed by atoms with van der Waals surface area (Å²) >= 11 is 6.15. The first-order chi connectivity index (χ1) is 18.1. The van der Waals surface area contributed by atoms with Gasteiger partial charge in [-0.25, -0.2) is 4.68 Å². The maximum Gasteiger partial charge on any atom is 0.359 e. The number of aliphatic hydroxyl groups is 2. The van der Waals surface area contributed by atoms with Crippen LogP contribution in [0.25, 0.3) is 11.0 Å². The Hall–Kier alpha value is -2.34. The molecule has 1 aliphatic heterocycles. The van der Waals surface area contributed by atoms with Gasteiger partial charge in [-0.15, -0.1) is 10.2 Å². The zero-order valence-corrected chi connectivity index (χ0v) is 21.7. The number of fused-ring (bicyclic) bond motifs is 1. The molecule has 3 aromatic rings. The molecule has 5 atom stereocenters. The van der Waals surface area contributed by atoms with Crippen LogP contribution in [0.3, 0.4) is 0 Å². The van der Waals surface area contributed by atoms with Crippen molar-refractivity contribution < 1.29 is 38.8 Å². The SMILES string of the molecule is COCC(Cc1nn[nH]n1)(OC[C@H]1O[C@@H](n2ncc3c(NC4CCC4)nc(Cl)nc32)[C@H](O)[C@@H]1O)P(=O)(O)O. The molecule has 0 amide bonds. The molecular weight excluding hydrogens is 549 g/mol. The first-order valence-electron chi connectivity index (χ1n) is 11.7. The third kappa shape index (κ3) is 5.13. The maximum absolute atomic E-state index is 12.5. The molecule has 4 heterocycles. The lowest BCUT2D eigenvalue weighted by Gasteiger charge is -2.33. The van der Waals surface area contributed by atoms with Gasteiger partial charge in [0.15, 0.2) is 23.0 Å². The monoisotopic (exact) mass is 575 g/mol. The van der Waals surface area contributed by atoms with E-state index in [1.54, 1.807) is 0 Å². The minimum Gasteiger partial charge on any atom is -0.387 e. The van der Waals surface area contributed by atoms with E-state index >= 15 is 0 Å². The van der Waals surface area contributed by atoms with Gasteiger partial charge in [-0.3, -0.25) is 4.57 Å². The number of hydrogen-bond donors (Lipinski definition) is 6. The number of tetrazole rings is 1. The van der Waals surface area contributed by atoms with Crippen LogP contribution in [0.2, 0.25) is 5.28 Å². The van der Waals surface area contributed by atoms with Crippen molar-refractivity contribution in [3.05, 3.63) is 17.3 Å². The van der Waals surface area contributed by atoms with Crippen LogP contribution in [0.1, 0.15) is 31.3 Å². The number of methoxy groups -OCH3 is 1. The lowest BCUT2D eigenvalue weighted by molar-refractivity contribution is -0.113. The Bertz CT molecular complexity index is 1300. The van der Waals surface area contributed by atoms with E-state index in [0.29, 0.717) is 11.2 Å². The summed E-state index contributed by atoms with van der Waals surface area (Å²) in [5.74, 6) is 0.471. The summed E-state index contributed by atoms with van der Waals surface area (Å²) < 4.78 is 30.3. The second kappa shape index (κ2) is 10.7. The Morgan fingerprint density at radius 1 is 1.32 bits per heavy atom. The van der Waals surface area contributed by atoms with Crippen molar-refractivity contribution in [1.29, 1.82) is 0 Å². The first kappa shape index (κ1) is 27.2. The van der Waals surface area contributed by atoms with Crippen LogP contribution in [0, 0.1) is 0 Å². The summed E-state index contributed by atoms with van der Waals surface area (Å²) in [6.45, 7) is -1.05. The van der Waals surface area contributed by atoms with E-state index in [1.807, 2.05) is 0 Å². The van der Waals surface area contributed by atoms with Crippen molar-refractivity contribution in [2.75, 3.05) is 25.6 Å². The van der Waals surface area contributed by atoms with Gasteiger partial charge in [0.25, 0.3) is 0 Å². The van der Waals surface area contributed by atoms with Crippen molar-refractivity contribution in [2.24, 2.45) is 0 Å². The number of hydrogen-bond acceptors (Lipinski definition) is 13. The van der Waals surface area contributed by atoms with Crippen molar-refractivity contribution in [3.8, 4) is 0 Å². The molecule has 5 rings (SSSR count). The normalized spacial score (nSPS) is 25.9. The highest BCUT2D eigenvalue weighted by molar-refractivity contribution is 7.53. The Morgan fingerprint density at radius 3 is 2.74 bits per heavy atom. The molecule has 17 nitrogen and oxygen atoms in total. The number of nitrogens with one attached hydrogen (secondary N) is 2. The van der Waals surface area contributed by atoms with Crippen LogP contribution < -0.4 is 5.32 Å². The number of rotatable bonds is 11. The average Bonchev–Trinajstić information content (AvgIpc) is 3.55. The molecule has 1 saturated heterocycles. The van der Waals surface area contributed by atoms with Crippen LogP contribution in [0.5, 0.6) is 0 Å². The molecule has 38 heavy (non-hydrogen) atoms. The fourth-order valence-corrected chi connectivity index (χ4v) is 5.44. The predicted molar refractivity (Wildman–Crippen MR) is 128 cm³/mol. The quantitative estimate of drug-likeness (QED) is 0.123. The minimum absolute atomic E-state index is 0.0259. The zero-order valence-electron chi connectivity index (χ0n) is 20.1. The third-order valence-electron chi connectivity index (χ3n) is 6.69. The van der Waals surface area contributed by atoms with E-state index in [1.165, 1.54) is 18.0 Å². The number of halogens is 1. The molecule has 0 bridgehead atoms. The molecule has 2 aliphatic rings. The molecule has 2 fully saturated rings. The van der Waals surface area contributed by atoms with Gasteiger partial charge in [-0.1, -0.05) is 5.21 Å². The summed E-state index contributed by atoms with van der Waals surface area (Å²) in [5, 5.41) is 40.5. The van der Waals surface area contributed by atoms with Gasteiger partial charge in [0.2, 0.25) is 5.28 Å². The van der Waals surface area contributed by atoms with E-state index < -0.39 is 57.1 Å². The summed E-state index contributed by atoms with van der Waals surface area (Å²) in [4.78, 5) is 28.7. The number of H-pyrrole nitrogens is 1. The molecule has 1 saturated carbocycles. The van der Waals surface area contributed by atoms with Crippen molar-refractivity contribution >= 4 is 36.0 Å². The zero-order chi connectivity index (χ0) is 27.1. The van der Waals surface area contributed by atoms with Gasteiger partial charge >= 0.3 is 7.60 Å². The molecule has 19 heteroatoms. The van der Waals surface area contributed by atoms with Crippen molar-refractivity contribution in [2.45, 2.75) is 61.6 Å². The summed E-state index contributed by atoms with van der Waals surface area (Å²) in [5.41, 5.74) is 0.269. The van der Waals surface area contributed by atoms with Gasteiger partial charge in [0.1, 0.15) is 24.1 Å². The molecule has 208 valence electrons. The first-order valence-corrected chi connectivity index (χ1v) is 13.7. The van der Waals surface area contributed by atoms with E-state index in [9.17, 15) is 24.6 Å². The number of anilines is 1. The fraction of sp³-hybridized carbons (Fsp3) is 0.684. The van der Waals surface area contributed by atoms with Gasteiger partial charge in [-0.2, -0.15) is 20.3 Å². The van der Waals surface area contributed by atoms with Crippen LogP contribution in [0.15, 0.2) is 6.20 Å². The van der Waals surface area contributed by atoms with Crippen LogP contribution >= 0.6 is 19.2 Å². The highest BCUT2D eigenvalue weighted by atomic mass is 35.5. The van der Waals surface area contributed by atoms with E-state index in [-0.39, 0.29) is 22.8 Å². The summed E-state index contributed by atoms with van der Waals surface area (Å²) in [6.07, 6.45) is -1.21. The standard InChI is InChI=1S/C19H27ClN9O8P/c1-35-8-19(38(32,33)34,5-12-25-27-28-26-12)36-7-11-13(30)14(31)17(37-11)29-16-10(6-21-29)15(23-18(20)24-16)22-9-3-2-4-9/h6,9,11,13-14,17,30-31H,2-5,7-8H2,1H3,(H,22,23,24)(H2,32,33,34)(H,25,26,27,28)/t11-,13-,14-,17-,19?/m1/s1. The van der Waals surface area contributed by atoms with Crippen molar-refractivity contribution in [1.82, 2.24) is 40.4 Å². The van der Waals surface area contributed by atoms with Crippen LogP contribution in [0.4, 0.5) is 5.82 Å². The lowest BCUT2D eigenvalue weighted by Crippen LogP contribution is -2.44. The molecule has 6 N–H and O–H groups in total. The second-order valence-electron chi connectivity index (χ2n) is 9.23. The van der Waals surface area contributed by atoms with E-state index in [0.717, 1.165) is 19.3 Å². The summed E-state index contributed by atoms with van der Waals surface area (Å²) in [7, 11) is -3.75. The lowest BCUT2D eigenvalue weighted by atomic mass is 9.93. The largest absolute Gasteiger partial charge is 0.387 e. The van der Waals surface area contributed by atoms with Gasteiger partial charge < -0.3 is 39.5 Å². The Balaban J connectivity index is 1.37. The highest BCUT2D eigenvalue weighted by Gasteiger charge is 2.52. The topological polar surface area (TPSA) is 236 Å². The molecular formula is C19H27ClN9O8P. The van der Waals surface area contributed by atoms with Gasteiger partial charge in [-0.05, 0) is 30.9 Å². The molecule has 3 aromatic heterocycles. The Labute approximate surface area is 220 Å². The second-order valence-corrected chi connectivity index (χ2v) is 11.5. The van der Waals surface area contributed by atoms with E-state index in [2.05, 4.69) is 41.0 Å². The minimum atomic E-state index is -5.00.